The van der Waals surface area contributed by atoms with Crippen molar-refractivity contribution < 1.29 is 34.0 Å². The predicted octanol–water partition coefficient (Wildman–Crippen LogP) is 0.174. The van der Waals surface area contributed by atoms with Crippen LogP contribution in [0, 0.1) is 5.41 Å². The second-order valence-corrected chi connectivity index (χ2v) is 6.94. The summed E-state index contributed by atoms with van der Waals surface area (Å²) in [7, 11) is 0. The highest BCUT2D eigenvalue weighted by Crippen LogP contribution is 2.40. The molecule has 2 unspecified atom stereocenters. The first kappa shape index (κ1) is 16.6. The van der Waals surface area contributed by atoms with Crippen LogP contribution in [0.4, 0.5) is 0 Å². The number of hydrogen-bond acceptors (Lipinski definition) is 7. The monoisotopic (exact) mass is 304 g/mol. The Kier molecular flexibility index (Phi) is 4.34. The van der Waals surface area contributed by atoms with E-state index in [1.807, 2.05) is 0 Å². The normalized spacial score (nSPS) is 36.3. The Hall–Kier alpha value is -0.730. The van der Waals surface area contributed by atoms with Gasteiger partial charge in [0.2, 0.25) is 0 Å². The van der Waals surface area contributed by atoms with Gasteiger partial charge in [-0.2, -0.15) is 0 Å². The molecule has 2 aliphatic heterocycles. The molecule has 7 nitrogen and oxygen atoms in total. The lowest BCUT2D eigenvalue weighted by Gasteiger charge is -2.29. The minimum absolute atomic E-state index is 0.430. The molecule has 2 heterocycles. The zero-order chi connectivity index (χ0) is 16.0. The molecule has 0 aromatic heterocycles. The highest BCUT2D eigenvalue weighted by molar-refractivity contribution is 5.75. The minimum atomic E-state index is -1.18. The smallest absolute Gasteiger partial charge is 0.311 e. The molecule has 0 aliphatic carbocycles. The van der Waals surface area contributed by atoms with E-state index >= 15 is 0 Å². The number of hydrogen-bond donors (Lipinski definition) is 2. The third-order valence-corrected chi connectivity index (χ3v) is 3.45. The maximum absolute atomic E-state index is 12.1. The van der Waals surface area contributed by atoms with Crippen LogP contribution in [0.1, 0.15) is 34.6 Å². The Balaban J connectivity index is 2.17. The van der Waals surface area contributed by atoms with Gasteiger partial charge in [-0.1, -0.05) is 0 Å². The van der Waals surface area contributed by atoms with Crippen LogP contribution in [0.5, 0.6) is 0 Å². The number of aliphatic hydroxyl groups excluding tert-OH is 2. The van der Waals surface area contributed by atoms with Crippen LogP contribution in [0.15, 0.2) is 0 Å². The summed E-state index contributed by atoms with van der Waals surface area (Å²) in [5.74, 6) is -1.28. The number of carbonyl (C=O) groups excluding carboxylic acids is 1. The van der Waals surface area contributed by atoms with Crippen molar-refractivity contribution in [1.82, 2.24) is 0 Å². The van der Waals surface area contributed by atoms with Gasteiger partial charge in [-0.3, -0.25) is 4.79 Å². The molecule has 0 amide bonds. The first-order valence-corrected chi connectivity index (χ1v) is 7.06. The van der Waals surface area contributed by atoms with E-state index in [1.54, 1.807) is 34.6 Å². The Morgan fingerprint density at radius 2 is 1.95 bits per heavy atom. The first-order chi connectivity index (χ1) is 9.55. The van der Waals surface area contributed by atoms with Gasteiger partial charge in [-0.25, -0.2) is 0 Å². The molecule has 2 saturated heterocycles. The Labute approximate surface area is 124 Å². The largest absolute Gasteiger partial charge is 0.456 e. The van der Waals surface area contributed by atoms with Crippen molar-refractivity contribution in [2.24, 2.45) is 5.41 Å². The van der Waals surface area contributed by atoms with E-state index in [0.29, 0.717) is 0 Å². The van der Waals surface area contributed by atoms with Crippen molar-refractivity contribution in [3.05, 3.63) is 0 Å². The van der Waals surface area contributed by atoms with Crippen molar-refractivity contribution in [2.75, 3.05) is 6.61 Å². The molecule has 122 valence electrons. The van der Waals surface area contributed by atoms with E-state index in [9.17, 15) is 9.90 Å². The zero-order valence-electron chi connectivity index (χ0n) is 13.0. The van der Waals surface area contributed by atoms with Gasteiger partial charge in [0.15, 0.2) is 24.3 Å². The van der Waals surface area contributed by atoms with Gasteiger partial charge in [0.25, 0.3) is 0 Å². The number of carbonyl (C=O) groups is 1. The molecule has 2 fully saturated rings. The summed E-state index contributed by atoms with van der Waals surface area (Å²) in [6.07, 6.45) is -4.25. The molecular formula is C14H24O7. The lowest BCUT2D eigenvalue weighted by molar-refractivity contribution is -0.232. The Bertz CT molecular complexity index is 401. The highest BCUT2D eigenvalue weighted by atomic mass is 16.8. The maximum atomic E-state index is 12.1. The van der Waals surface area contributed by atoms with Crippen LogP contribution in [-0.4, -0.2) is 59.3 Å². The van der Waals surface area contributed by atoms with E-state index in [2.05, 4.69) is 0 Å². The highest BCUT2D eigenvalue weighted by Gasteiger charge is 2.58. The Morgan fingerprint density at radius 1 is 1.33 bits per heavy atom. The van der Waals surface area contributed by atoms with Gasteiger partial charge < -0.3 is 29.2 Å². The average molecular weight is 304 g/mol. The summed E-state index contributed by atoms with van der Waals surface area (Å²) in [6.45, 7) is 8.16. The van der Waals surface area contributed by atoms with E-state index in [1.165, 1.54) is 0 Å². The number of rotatable bonds is 3. The van der Waals surface area contributed by atoms with Crippen LogP contribution < -0.4 is 0 Å². The van der Waals surface area contributed by atoms with Gasteiger partial charge in [0, 0.05) is 0 Å². The summed E-state index contributed by atoms with van der Waals surface area (Å²) < 4.78 is 22.3. The molecule has 2 N–H and O–H groups in total. The number of ether oxygens (including phenoxy) is 4. The van der Waals surface area contributed by atoms with Crippen molar-refractivity contribution in [3.8, 4) is 0 Å². The van der Waals surface area contributed by atoms with E-state index in [4.69, 9.17) is 24.1 Å². The zero-order valence-corrected chi connectivity index (χ0v) is 13.0. The molecule has 0 spiro atoms. The summed E-state index contributed by atoms with van der Waals surface area (Å²) >= 11 is 0. The molecule has 0 aromatic carbocycles. The lowest BCUT2D eigenvalue weighted by atomic mass is 9.97. The number of esters is 1. The van der Waals surface area contributed by atoms with Crippen molar-refractivity contribution in [3.63, 3.8) is 0 Å². The van der Waals surface area contributed by atoms with Crippen LogP contribution >= 0.6 is 0 Å². The quantitative estimate of drug-likeness (QED) is 0.718. The topological polar surface area (TPSA) is 94.5 Å². The molecule has 2 rings (SSSR count). The fourth-order valence-corrected chi connectivity index (χ4v) is 2.35. The lowest BCUT2D eigenvalue weighted by Crippen LogP contribution is -2.46. The third-order valence-electron chi connectivity index (χ3n) is 3.45. The van der Waals surface area contributed by atoms with Crippen LogP contribution in [0.2, 0.25) is 0 Å². The van der Waals surface area contributed by atoms with Gasteiger partial charge in [-0.15, -0.1) is 0 Å². The molecule has 0 saturated carbocycles. The molecule has 2 aliphatic rings. The fourth-order valence-electron chi connectivity index (χ4n) is 2.35. The van der Waals surface area contributed by atoms with E-state index in [0.717, 1.165) is 0 Å². The third kappa shape index (κ3) is 3.37. The molecular weight excluding hydrogens is 280 g/mol. The van der Waals surface area contributed by atoms with Crippen molar-refractivity contribution in [2.45, 2.75) is 71.1 Å². The second-order valence-electron chi connectivity index (χ2n) is 6.94. The molecule has 21 heavy (non-hydrogen) atoms. The van der Waals surface area contributed by atoms with Crippen molar-refractivity contribution >= 4 is 5.97 Å². The molecule has 0 radical (unpaired) electrons. The predicted molar refractivity (Wildman–Crippen MR) is 71.1 cm³/mol. The minimum Gasteiger partial charge on any atom is -0.456 e. The van der Waals surface area contributed by atoms with Crippen LogP contribution in [0.3, 0.4) is 0 Å². The fraction of sp³-hybridized carbons (Fsp3) is 0.929. The second kappa shape index (κ2) is 5.48. The summed E-state index contributed by atoms with van der Waals surface area (Å²) in [5.41, 5.74) is -0.693. The standard InChI is InChI=1S/C14H24O7/c1-13(2,3)12(17)19-9-8(7(16)6-15)18-11-10(9)20-14(4,5)21-11/h7-11,15-16H,6H2,1-5H3/t7?,8-,9+,10-,11?/m1/s1. The van der Waals surface area contributed by atoms with Gasteiger partial charge >= 0.3 is 5.97 Å². The molecule has 7 heteroatoms. The maximum Gasteiger partial charge on any atom is 0.311 e. The van der Waals surface area contributed by atoms with Gasteiger partial charge in [0.1, 0.15) is 12.2 Å². The SMILES string of the molecule is CC1(C)OC2O[C@H](C(O)CO)[C@H](OC(=O)C(C)(C)C)[C@H]2O1. The number of aliphatic hydroxyl groups is 2. The summed E-state index contributed by atoms with van der Waals surface area (Å²) in [5, 5.41) is 19.0. The number of fused-ring (bicyclic) bond motifs is 1. The summed E-state index contributed by atoms with van der Waals surface area (Å²) in [6, 6.07) is 0. The van der Waals surface area contributed by atoms with Crippen LogP contribution in [-0.2, 0) is 23.7 Å². The molecule has 5 atom stereocenters. The molecule has 0 aromatic rings. The Morgan fingerprint density at radius 3 is 2.48 bits per heavy atom. The average Bonchev–Trinajstić information content (AvgIpc) is 2.80. The van der Waals surface area contributed by atoms with Crippen molar-refractivity contribution in [1.29, 1.82) is 0 Å². The van der Waals surface area contributed by atoms with E-state index in [-0.39, 0.29) is 0 Å². The molecule has 0 bridgehead atoms. The van der Waals surface area contributed by atoms with Gasteiger partial charge in [0.05, 0.1) is 12.0 Å². The van der Waals surface area contributed by atoms with Crippen LogP contribution in [0.25, 0.3) is 0 Å². The van der Waals surface area contributed by atoms with E-state index < -0.39 is 54.5 Å². The van der Waals surface area contributed by atoms with Gasteiger partial charge in [-0.05, 0) is 34.6 Å². The first-order valence-electron chi connectivity index (χ1n) is 7.06. The summed E-state index contributed by atoms with van der Waals surface area (Å²) in [4.78, 5) is 12.1.